The molecule has 1 N–H and O–H groups in total. The number of nitrogens with one attached hydrogen (secondary N) is 1. The van der Waals surface area contributed by atoms with Crippen molar-refractivity contribution in [2.45, 2.75) is 37.7 Å². The van der Waals surface area contributed by atoms with Crippen molar-refractivity contribution in [1.29, 1.82) is 0 Å². The maximum Gasteiger partial charge on any atom is 0.246 e. The van der Waals surface area contributed by atoms with Crippen LogP contribution in [-0.4, -0.2) is 75.6 Å². The molecule has 0 aliphatic carbocycles. The van der Waals surface area contributed by atoms with Crippen LogP contribution in [0, 0.1) is 0 Å². The molecule has 0 saturated carbocycles. The molecule has 156 valence electrons. The van der Waals surface area contributed by atoms with Crippen molar-refractivity contribution < 1.29 is 22.7 Å². The van der Waals surface area contributed by atoms with Crippen LogP contribution in [0.5, 0.6) is 5.75 Å². The molecule has 8 nitrogen and oxygen atoms in total. The second kappa shape index (κ2) is 9.11. The molecule has 0 spiro atoms. The number of benzene rings is 1. The van der Waals surface area contributed by atoms with Crippen LogP contribution in [0.3, 0.4) is 0 Å². The number of hydrogen-bond acceptors (Lipinski definition) is 6. The zero-order chi connectivity index (χ0) is 20.1. The SMILES string of the molecule is CCOc1ccc(NCC(=O)N2CCOC(C)C2)cc1S(=O)(=O)N1CCCC1. The average Bonchev–Trinajstić information content (AvgIpc) is 3.23. The Hall–Kier alpha value is -1.84. The van der Waals surface area contributed by atoms with Crippen molar-refractivity contribution in [2.24, 2.45) is 0 Å². The minimum Gasteiger partial charge on any atom is -0.492 e. The predicted octanol–water partition coefficient (Wildman–Crippen LogP) is 1.53. The Morgan fingerprint density at radius 2 is 2.04 bits per heavy atom. The van der Waals surface area contributed by atoms with E-state index in [0.29, 0.717) is 50.8 Å². The highest BCUT2D eigenvalue weighted by molar-refractivity contribution is 7.89. The van der Waals surface area contributed by atoms with Crippen LogP contribution in [0.15, 0.2) is 23.1 Å². The number of carbonyl (C=O) groups is 1. The molecule has 1 amide bonds. The summed E-state index contributed by atoms with van der Waals surface area (Å²) in [6, 6.07) is 4.95. The summed E-state index contributed by atoms with van der Waals surface area (Å²) >= 11 is 0. The maximum atomic E-state index is 13.0. The van der Waals surface area contributed by atoms with E-state index in [1.54, 1.807) is 23.1 Å². The quantitative estimate of drug-likeness (QED) is 0.732. The molecule has 28 heavy (non-hydrogen) atoms. The van der Waals surface area contributed by atoms with Crippen molar-refractivity contribution >= 4 is 21.6 Å². The first kappa shape index (κ1) is 20.9. The standard InChI is InChI=1S/C19H29N3O5S/c1-3-26-17-7-6-16(12-18(17)28(24,25)22-8-4-5-9-22)20-13-19(23)21-10-11-27-15(2)14-21/h6-7,12,15,20H,3-5,8-11,13-14H2,1-2H3. The largest absolute Gasteiger partial charge is 0.492 e. The number of carbonyl (C=O) groups excluding carboxylic acids is 1. The van der Waals surface area contributed by atoms with E-state index >= 15 is 0 Å². The highest BCUT2D eigenvalue weighted by Crippen LogP contribution is 2.31. The molecule has 1 aromatic carbocycles. The monoisotopic (exact) mass is 411 g/mol. The van der Waals surface area contributed by atoms with E-state index in [4.69, 9.17) is 9.47 Å². The molecule has 0 aromatic heterocycles. The van der Waals surface area contributed by atoms with E-state index in [2.05, 4.69) is 5.32 Å². The number of hydrogen-bond donors (Lipinski definition) is 1. The molecule has 0 radical (unpaired) electrons. The van der Waals surface area contributed by atoms with Gasteiger partial charge >= 0.3 is 0 Å². The number of nitrogens with zero attached hydrogens (tertiary/aromatic N) is 2. The summed E-state index contributed by atoms with van der Waals surface area (Å²) in [6.45, 7) is 6.97. The molecule has 2 aliphatic rings. The van der Waals surface area contributed by atoms with Gasteiger partial charge in [-0.05, 0) is 44.9 Å². The van der Waals surface area contributed by atoms with Gasteiger partial charge in [0.2, 0.25) is 15.9 Å². The number of morpholine rings is 1. The third-order valence-corrected chi connectivity index (χ3v) is 6.88. The highest BCUT2D eigenvalue weighted by Gasteiger charge is 2.30. The van der Waals surface area contributed by atoms with Gasteiger partial charge in [-0.1, -0.05) is 0 Å². The van der Waals surface area contributed by atoms with Gasteiger partial charge in [0, 0.05) is 31.9 Å². The van der Waals surface area contributed by atoms with Gasteiger partial charge in [-0.3, -0.25) is 4.79 Å². The lowest BCUT2D eigenvalue weighted by molar-refractivity contribution is -0.136. The normalized spacial score (nSPS) is 20.9. The Morgan fingerprint density at radius 3 is 2.71 bits per heavy atom. The van der Waals surface area contributed by atoms with Gasteiger partial charge < -0.3 is 19.7 Å². The van der Waals surface area contributed by atoms with Crippen LogP contribution in [0.25, 0.3) is 0 Å². The topological polar surface area (TPSA) is 88.2 Å². The van der Waals surface area contributed by atoms with Crippen molar-refractivity contribution in [3.8, 4) is 5.75 Å². The third-order valence-electron chi connectivity index (χ3n) is 4.96. The minimum absolute atomic E-state index is 0.0281. The molecule has 2 fully saturated rings. The highest BCUT2D eigenvalue weighted by atomic mass is 32.2. The molecule has 2 aliphatic heterocycles. The molecule has 1 aromatic rings. The maximum absolute atomic E-state index is 13.0. The van der Waals surface area contributed by atoms with Crippen LogP contribution in [0.4, 0.5) is 5.69 Å². The molecule has 2 saturated heterocycles. The average molecular weight is 412 g/mol. The lowest BCUT2D eigenvalue weighted by Crippen LogP contribution is -2.46. The molecule has 2 heterocycles. The summed E-state index contributed by atoms with van der Waals surface area (Å²) in [6.07, 6.45) is 1.77. The Kier molecular flexibility index (Phi) is 6.79. The van der Waals surface area contributed by atoms with E-state index in [1.807, 2.05) is 13.8 Å². The van der Waals surface area contributed by atoms with E-state index < -0.39 is 10.0 Å². The second-order valence-corrected chi connectivity index (χ2v) is 8.99. The van der Waals surface area contributed by atoms with E-state index in [9.17, 15) is 13.2 Å². The Bertz CT molecular complexity index is 793. The first-order chi connectivity index (χ1) is 13.4. The van der Waals surface area contributed by atoms with Gasteiger partial charge in [-0.2, -0.15) is 4.31 Å². The van der Waals surface area contributed by atoms with E-state index in [1.165, 1.54) is 4.31 Å². The Balaban J connectivity index is 1.74. The summed E-state index contributed by atoms with van der Waals surface area (Å²) in [7, 11) is -3.62. The van der Waals surface area contributed by atoms with Crippen molar-refractivity contribution in [3.63, 3.8) is 0 Å². The van der Waals surface area contributed by atoms with Gasteiger partial charge in [-0.25, -0.2) is 8.42 Å². The number of ether oxygens (including phenoxy) is 2. The number of sulfonamides is 1. The summed E-state index contributed by atoms with van der Waals surface area (Å²) in [4.78, 5) is 14.3. The number of rotatable bonds is 7. The summed E-state index contributed by atoms with van der Waals surface area (Å²) in [5, 5.41) is 3.06. The van der Waals surface area contributed by atoms with Crippen LogP contribution in [-0.2, 0) is 19.6 Å². The third kappa shape index (κ3) is 4.76. The summed E-state index contributed by atoms with van der Waals surface area (Å²) < 4.78 is 38.6. The fourth-order valence-electron chi connectivity index (χ4n) is 3.50. The molecule has 0 bridgehead atoms. The molecule has 1 atom stereocenters. The summed E-state index contributed by atoms with van der Waals surface area (Å²) in [5.74, 6) is 0.307. The van der Waals surface area contributed by atoms with Gasteiger partial charge in [0.05, 0.1) is 25.9 Å². The lowest BCUT2D eigenvalue weighted by atomic mass is 10.2. The van der Waals surface area contributed by atoms with Gasteiger partial charge in [-0.15, -0.1) is 0 Å². The smallest absolute Gasteiger partial charge is 0.246 e. The minimum atomic E-state index is -3.62. The fraction of sp³-hybridized carbons (Fsp3) is 0.632. The molecule has 9 heteroatoms. The number of amides is 1. The zero-order valence-corrected chi connectivity index (χ0v) is 17.3. The predicted molar refractivity (Wildman–Crippen MR) is 106 cm³/mol. The van der Waals surface area contributed by atoms with Gasteiger partial charge in [0.25, 0.3) is 0 Å². The van der Waals surface area contributed by atoms with E-state index in [0.717, 1.165) is 12.8 Å². The van der Waals surface area contributed by atoms with Gasteiger partial charge in [0.15, 0.2) is 0 Å². The second-order valence-electron chi connectivity index (χ2n) is 7.08. The van der Waals surface area contributed by atoms with Crippen LogP contribution >= 0.6 is 0 Å². The lowest BCUT2D eigenvalue weighted by Gasteiger charge is -2.31. The van der Waals surface area contributed by atoms with E-state index in [-0.39, 0.29) is 23.5 Å². The number of anilines is 1. The Labute approximate surface area is 166 Å². The van der Waals surface area contributed by atoms with Crippen LogP contribution in [0.1, 0.15) is 26.7 Å². The molecule has 1 unspecified atom stereocenters. The summed E-state index contributed by atoms with van der Waals surface area (Å²) in [5.41, 5.74) is 0.580. The van der Waals surface area contributed by atoms with Crippen molar-refractivity contribution in [3.05, 3.63) is 18.2 Å². The molecule has 3 rings (SSSR count). The molecular formula is C19H29N3O5S. The van der Waals surface area contributed by atoms with Crippen molar-refractivity contribution in [1.82, 2.24) is 9.21 Å². The van der Waals surface area contributed by atoms with Gasteiger partial charge in [0.1, 0.15) is 10.6 Å². The Morgan fingerprint density at radius 1 is 1.29 bits per heavy atom. The van der Waals surface area contributed by atoms with Crippen LogP contribution < -0.4 is 10.1 Å². The first-order valence-electron chi connectivity index (χ1n) is 9.82. The van der Waals surface area contributed by atoms with Crippen molar-refractivity contribution in [2.75, 3.05) is 51.3 Å². The first-order valence-corrected chi connectivity index (χ1v) is 11.3. The fourth-order valence-corrected chi connectivity index (χ4v) is 5.17. The van der Waals surface area contributed by atoms with Crippen LogP contribution in [0.2, 0.25) is 0 Å². The molecular weight excluding hydrogens is 382 g/mol. The zero-order valence-electron chi connectivity index (χ0n) is 16.5.